The van der Waals surface area contributed by atoms with Crippen LogP contribution < -0.4 is 28.3 Å². The van der Waals surface area contributed by atoms with Gasteiger partial charge in [0.25, 0.3) is 0 Å². The molecule has 0 radical (unpaired) electrons. The first-order chi connectivity index (χ1) is 25.5. The van der Waals surface area contributed by atoms with Gasteiger partial charge in [-0.15, -0.1) is 0 Å². The predicted molar refractivity (Wildman–Crippen MR) is 213 cm³/mol. The van der Waals surface area contributed by atoms with Gasteiger partial charge in [-0.25, -0.2) is 0 Å². The Bertz CT molecular complexity index is 650. The van der Waals surface area contributed by atoms with Gasteiger partial charge in [0.1, 0.15) is 6.23 Å². The fraction of sp³-hybridized carbons (Fsp3) is 1.00. The van der Waals surface area contributed by atoms with E-state index in [4.69, 9.17) is 41.9 Å². The molecular formula is C37H84N8O8. The van der Waals surface area contributed by atoms with Crippen LogP contribution in [0, 0.1) is 5.41 Å². The summed E-state index contributed by atoms with van der Waals surface area (Å²) >= 11 is 0. The summed E-state index contributed by atoms with van der Waals surface area (Å²) in [5, 5.41) is 46.8. The van der Waals surface area contributed by atoms with E-state index in [1.54, 1.807) is 0 Å². The zero-order valence-electron chi connectivity index (χ0n) is 34.1. The van der Waals surface area contributed by atoms with Crippen LogP contribution >= 0.6 is 0 Å². The minimum Gasteiger partial charge on any atom is -0.389 e. The molecule has 0 aromatic carbocycles. The summed E-state index contributed by atoms with van der Waals surface area (Å²) in [7, 11) is 0. The molecule has 0 aliphatic carbocycles. The SMILES string of the molecule is CCCC(CCC)NC(O)COCC(COCC(O)CN(CCC)CCC)(COCC(O)CN(CCN)CCN)COCC(O)CN(CCN)CCN. The summed E-state index contributed by atoms with van der Waals surface area (Å²) in [6, 6.07) is 0.184. The summed E-state index contributed by atoms with van der Waals surface area (Å²) < 4.78 is 24.6. The standard InChI is InChI=1S/C37H84N8O8/c1-5-9-32(10-6-2)42-36(49)27-53-31-37(28-50-24-33(46)21-43(15-7-3)16-8-4,29-51-25-34(47)22-44(17-11-38)18-12-39)30-52-26-35(48)23-45(19-13-40)20-14-41/h32-36,42,46-49H,5-31,38-41H2,1-4H3. The van der Waals surface area contributed by atoms with Gasteiger partial charge < -0.3 is 67.2 Å². The molecule has 0 aliphatic rings. The average molecular weight is 769 g/mol. The Morgan fingerprint density at radius 1 is 0.491 bits per heavy atom. The molecule has 0 amide bonds. The highest BCUT2D eigenvalue weighted by Gasteiger charge is 2.34. The maximum absolute atomic E-state index is 10.9. The first kappa shape index (κ1) is 52.4. The molecule has 53 heavy (non-hydrogen) atoms. The highest BCUT2D eigenvalue weighted by atomic mass is 16.5. The van der Waals surface area contributed by atoms with E-state index in [1.165, 1.54) is 0 Å². The number of aliphatic hydroxyl groups is 4. The Kier molecular flexibility index (Phi) is 34.2. The lowest BCUT2D eigenvalue weighted by molar-refractivity contribution is -0.135. The van der Waals surface area contributed by atoms with E-state index in [9.17, 15) is 20.4 Å². The average Bonchev–Trinajstić information content (AvgIpc) is 3.09. The maximum Gasteiger partial charge on any atom is 0.128 e. The first-order valence-electron chi connectivity index (χ1n) is 20.3. The highest BCUT2D eigenvalue weighted by Crippen LogP contribution is 2.22. The van der Waals surface area contributed by atoms with Gasteiger partial charge in [-0.3, -0.25) is 15.1 Å². The number of hydrogen-bond acceptors (Lipinski definition) is 16. The second kappa shape index (κ2) is 34.6. The van der Waals surface area contributed by atoms with Crippen molar-refractivity contribution < 1.29 is 39.4 Å². The Morgan fingerprint density at radius 2 is 0.811 bits per heavy atom. The van der Waals surface area contributed by atoms with E-state index >= 15 is 0 Å². The van der Waals surface area contributed by atoms with Crippen LogP contribution in [0.4, 0.5) is 0 Å². The summed E-state index contributed by atoms with van der Waals surface area (Å²) in [5.74, 6) is 0. The topological polar surface area (TPSA) is 244 Å². The lowest BCUT2D eigenvalue weighted by Gasteiger charge is -2.35. The summed E-state index contributed by atoms with van der Waals surface area (Å²) in [6.07, 6.45) is 2.73. The van der Waals surface area contributed by atoms with Crippen molar-refractivity contribution >= 4 is 0 Å². The van der Waals surface area contributed by atoms with Crippen molar-refractivity contribution in [2.75, 3.05) is 138 Å². The third kappa shape index (κ3) is 27.6. The Morgan fingerprint density at radius 3 is 1.11 bits per heavy atom. The molecule has 4 unspecified atom stereocenters. The number of nitrogens with one attached hydrogen (secondary N) is 1. The summed E-state index contributed by atoms with van der Waals surface area (Å²) in [5.41, 5.74) is 22.1. The van der Waals surface area contributed by atoms with Crippen LogP contribution in [0.25, 0.3) is 0 Å². The number of aliphatic hydroxyl groups excluding tert-OH is 4. The Hall–Kier alpha value is -0.640. The molecule has 13 N–H and O–H groups in total. The van der Waals surface area contributed by atoms with Gasteiger partial charge in [0.15, 0.2) is 0 Å². The van der Waals surface area contributed by atoms with Gasteiger partial charge in [0.2, 0.25) is 0 Å². The second-order valence-electron chi connectivity index (χ2n) is 14.5. The van der Waals surface area contributed by atoms with Crippen molar-refractivity contribution in [1.29, 1.82) is 0 Å². The van der Waals surface area contributed by atoms with Crippen LogP contribution in [0.15, 0.2) is 0 Å². The number of rotatable bonds is 40. The van der Waals surface area contributed by atoms with Crippen molar-refractivity contribution in [3.05, 3.63) is 0 Å². The molecule has 0 saturated heterocycles. The van der Waals surface area contributed by atoms with Crippen LogP contribution in [-0.2, 0) is 18.9 Å². The van der Waals surface area contributed by atoms with Gasteiger partial charge >= 0.3 is 0 Å². The molecule has 0 spiro atoms. The van der Waals surface area contributed by atoms with Crippen LogP contribution in [0.2, 0.25) is 0 Å². The smallest absolute Gasteiger partial charge is 0.128 e. The summed E-state index contributed by atoms with van der Waals surface area (Å²) in [6.45, 7) is 16.3. The molecule has 0 aromatic rings. The van der Waals surface area contributed by atoms with Crippen LogP contribution in [0.5, 0.6) is 0 Å². The third-order valence-corrected chi connectivity index (χ3v) is 8.81. The predicted octanol–water partition coefficient (Wildman–Crippen LogP) is -1.44. The second-order valence-corrected chi connectivity index (χ2v) is 14.5. The number of nitrogens with zero attached hydrogens (tertiary/aromatic N) is 3. The number of nitrogens with two attached hydrogens (primary N) is 4. The van der Waals surface area contributed by atoms with Gasteiger partial charge in [0.05, 0.1) is 76.6 Å². The fourth-order valence-corrected chi connectivity index (χ4v) is 6.50. The van der Waals surface area contributed by atoms with E-state index in [-0.39, 0.29) is 58.9 Å². The molecule has 0 heterocycles. The van der Waals surface area contributed by atoms with Crippen molar-refractivity contribution in [2.45, 2.75) is 96.8 Å². The quantitative estimate of drug-likeness (QED) is 0.0324. The first-order valence-corrected chi connectivity index (χ1v) is 20.3. The van der Waals surface area contributed by atoms with Crippen molar-refractivity contribution in [3.8, 4) is 0 Å². The van der Waals surface area contributed by atoms with Gasteiger partial charge in [0, 0.05) is 78.0 Å². The van der Waals surface area contributed by atoms with Crippen LogP contribution in [0.1, 0.15) is 66.2 Å². The van der Waals surface area contributed by atoms with Crippen LogP contribution in [0.3, 0.4) is 0 Å². The Balaban J connectivity index is 5.99. The molecule has 16 heteroatoms. The van der Waals surface area contributed by atoms with E-state index in [1.807, 2.05) is 9.80 Å². The molecule has 0 fully saturated rings. The molecular weight excluding hydrogens is 684 g/mol. The van der Waals surface area contributed by atoms with Gasteiger partial charge in [-0.05, 0) is 38.8 Å². The number of hydrogen-bond donors (Lipinski definition) is 9. The maximum atomic E-state index is 10.9. The zero-order chi connectivity index (χ0) is 39.7. The Labute approximate surface area is 322 Å². The number of ether oxygens (including phenoxy) is 4. The molecule has 320 valence electrons. The largest absolute Gasteiger partial charge is 0.389 e. The molecule has 0 saturated carbocycles. The van der Waals surface area contributed by atoms with E-state index in [2.05, 4.69) is 37.9 Å². The van der Waals surface area contributed by atoms with Crippen LogP contribution in [-0.4, -0.2) is 204 Å². The molecule has 16 nitrogen and oxygen atoms in total. The van der Waals surface area contributed by atoms with Crippen molar-refractivity contribution in [1.82, 2.24) is 20.0 Å². The van der Waals surface area contributed by atoms with Crippen molar-refractivity contribution in [2.24, 2.45) is 28.3 Å². The normalized spacial score (nSPS) is 15.8. The lowest BCUT2D eigenvalue weighted by atomic mass is 9.92. The fourth-order valence-electron chi connectivity index (χ4n) is 6.50. The van der Waals surface area contributed by atoms with E-state index in [0.717, 1.165) is 51.6 Å². The third-order valence-electron chi connectivity index (χ3n) is 8.81. The van der Waals surface area contributed by atoms with Gasteiger partial charge in [-0.2, -0.15) is 0 Å². The molecule has 0 bridgehead atoms. The minimum atomic E-state index is -0.903. The molecule has 4 atom stereocenters. The highest BCUT2D eigenvalue weighted by molar-refractivity contribution is 4.81. The van der Waals surface area contributed by atoms with E-state index in [0.29, 0.717) is 72.0 Å². The lowest BCUT2D eigenvalue weighted by Crippen LogP contribution is -2.47. The molecule has 0 rings (SSSR count). The van der Waals surface area contributed by atoms with Crippen molar-refractivity contribution in [3.63, 3.8) is 0 Å². The molecule has 0 aromatic heterocycles. The van der Waals surface area contributed by atoms with E-state index < -0.39 is 30.0 Å². The molecule has 0 aliphatic heterocycles. The zero-order valence-corrected chi connectivity index (χ0v) is 34.1. The monoisotopic (exact) mass is 769 g/mol. The minimum absolute atomic E-state index is 0.0306. The van der Waals surface area contributed by atoms with Gasteiger partial charge in [-0.1, -0.05) is 40.5 Å². The summed E-state index contributed by atoms with van der Waals surface area (Å²) in [4.78, 5) is 6.23.